The van der Waals surface area contributed by atoms with E-state index < -0.39 is 120 Å². The second kappa shape index (κ2) is 26.1. The molecule has 8 amide bonds. The lowest BCUT2D eigenvalue weighted by atomic mass is 9.98. The van der Waals surface area contributed by atoms with Crippen LogP contribution in [0.1, 0.15) is 78.0 Å². The number of benzene rings is 1. The van der Waals surface area contributed by atoms with Crippen molar-refractivity contribution >= 4 is 59.2 Å². The normalized spacial score (nSPS) is 16.5. The van der Waals surface area contributed by atoms with E-state index in [0.29, 0.717) is 17.7 Å². The number of amides is 8. The van der Waals surface area contributed by atoms with Crippen LogP contribution in [0.25, 0.3) is 0 Å². The number of aromatic amines is 1. The zero-order chi connectivity index (χ0) is 50.8. The zero-order valence-corrected chi connectivity index (χ0v) is 38.8. The molecule has 8 atom stereocenters. The Kier molecular flexibility index (Phi) is 21.1. The number of imidazole rings is 1. The fraction of sp³-hybridized carbons (Fsp3) is 0.558. The van der Waals surface area contributed by atoms with Crippen molar-refractivity contribution in [3.05, 3.63) is 48.0 Å². The summed E-state index contributed by atoms with van der Waals surface area (Å²) in [5, 5.41) is 34.9. The van der Waals surface area contributed by atoms with E-state index in [9.17, 15) is 53.4 Å². The van der Waals surface area contributed by atoms with Crippen LogP contribution in [0, 0.1) is 11.8 Å². The lowest BCUT2D eigenvalue weighted by Crippen LogP contribution is -2.62. The Morgan fingerprint density at radius 1 is 0.779 bits per heavy atom. The molecule has 0 radical (unpaired) electrons. The molecule has 1 aliphatic heterocycles. The number of carboxylic acids is 1. The number of rotatable bonds is 26. The third-order valence-corrected chi connectivity index (χ3v) is 11.0. The van der Waals surface area contributed by atoms with Crippen LogP contribution in [0.15, 0.2) is 41.8 Å². The summed E-state index contributed by atoms with van der Waals surface area (Å²) in [7, 11) is 0. The third kappa shape index (κ3) is 17.2. The van der Waals surface area contributed by atoms with Crippen LogP contribution in [0.4, 0.5) is 0 Å². The smallest absolute Gasteiger partial charge is 0.325 e. The highest BCUT2D eigenvalue weighted by Gasteiger charge is 2.40. The average molecular weight is 955 g/mol. The second-order valence-electron chi connectivity index (χ2n) is 17.3. The van der Waals surface area contributed by atoms with Gasteiger partial charge in [-0.2, -0.15) is 0 Å². The minimum absolute atomic E-state index is 0.0248. The van der Waals surface area contributed by atoms with E-state index in [1.54, 1.807) is 27.7 Å². The van der Waals surface area contributed by atoms with Crippen molar-refractivity contribution in [2.24, 2.45) is 39.8 Å². The number of carboxylic acid groups (broad SMARTS) is 1. The summed E-state index contributed by atoms with van der Waals surface area (Å²) in [6, 6.07) is -4.40. The molecule has 1 saturated heterocycles. The number of hydrogen-bond acceptors (Lipinski definition) is 13. The molecule has 0 aliphatic carbocycles. The molecule has 2 aromatic rings. The van der Waals surface area contributed by atoms with Gasteiger partial charge in [-0.05, 0) is 62.1 Å². The van der Waals surface area contributed by atoms with Crippen LogP contribution in [-0.2, 0) is 56.0 Å². The van der Waals surface area contributed by atoms with Crippen LogP contribution >= 0.6 is 0 Å². The van der Waals surface area contributed by atoms with Crippen molar-refractivity contribution in [1.82, 2.24) is 46.8 Å². The Morgan fingerprint density at radius 2 is 1.35 bits per heavy atom. The van der Waals surface area contributed by atoms with Crippen LogP contribution in [0.2, 0.25) is 0 Å². The Bertz CT molecular complexity index is 2110. The van der Waals surface area contributed by atoms with Crippen molar-refractivity contribution in [2.75, 3.05) is 13.1 Å². The topological polar surface area (TPSA) is 415 Å². The average Bonchev–Trinajstić information content (AvgIpc) is 3.98. The monoisotopic (exact) mass is 955 g/mol. The van der Waals surface area contributed by atoms with Gasteiger partial charge in [-0.1, -0.05) is 39.8 Å². The molecule has 1 aliphatic rings. The first kappa shape index (κ1) is 55.0. The number of carbonyl (C=O) groups is 9. The molecule has 68 heavy (non-hydrogen) atoms. The van der Waals surface area contributed by atoms with Crippen molar-refractivity contribution < 1.29 is 53.4 Å². The summed E-state index contributed by atoms with van der Waals surface area (Å²) in [6.07, 6.45) is 2.92. The number of nitrogens with two attached hydrogens (primary N) is 4. The number of hydrogen-bond donors (Lipinski definition) is 13. The summed E-state index contributed by atoms with van der Waals surface area (Å²) in [5.74, 6) is -8.99. The molecule has 0 unspecified atom stereocenters. The maximum atomic E-state index is 14.3. The molecular weight excluding hydrogens is 889 g/mol. The van der Waals surface area contributed by atoms with E-state index in [4.69, 9.17) is 22.9 Å². The number of nitrogens with zero attached hydrogens (tertiary/aromatic N) is 3. The third-order valence-electron chi connectivity index (χ3n) is 11.0. The molecule has 25 heteroatoms. The van der Waals surface area contributed by atoms with Gasteiger partial charge in [0.1, 0.15) is 48.0 Å². The lowest BCUT2D eigenvalue weighted by molar-refractivity contribution is -0.144. The maximum absolute atomic E-state index is 14.3. The fourth-order valence-corrected chi connectivity index (χ4v) is 7.23. The van der Waals surface area contributed by atoms with Crippen molar-refractivity contribution in [1.29, 1.82) is 0 Å². The van der Waals surface area contributed by atoms with Crippen LogP contribution in [0.3, 0.4) is 0 Å². The van der Waals surface area contributed by atoms with Gasteiger partial charge in [-0.3, -0.25) is 48.1 Å². The van der Waals surface area contributed by atoms with Gasteiger partial charge in [0.05, 0.1) is 18.8 Å². The molecule has 25 nitrogen and oxygen atoms in total. The molecule has 1 fully saturated rings. The number of H-pyrrole nitrogens is 1. The minimum Gasteiger partial charge on any atom is -0.508 e. The highest BCUT2D eigenvalue weighted by molar-refractivity contribution is 5.98. The number of carbonyl (C=O) groups excluding carboxylic acids is 8. The van der Waals surface area contributed by atoms with Gasteiger partial charge >= 0.3 is 5.97 Å². The van der Waals surface area contributed by atoms with Crippen LogP contribution in [-0.4, -0.2) is 146 Å². The molecule has 0 saturated carbocycles. The van der Waals surface area contributed by atoms with E-state index in [1.807, 2.05) is 0 Å². The number of aliphatic carboxylic acids is 1. The van der Waals surface area contributed by atoms with Crippen LogP contribution < -0.4 is 54.8 Å². The maximum Gasteiger partial charge on any atom is 0.325 e. The van der Waals surface area contributed by atoms with Gasteiger partial charge in [-0.25, -0.2) is 4.98 Å². The first-order chi connectivity index (χ1) is 32.0. The highest BCUT2D eigenvalue weighted by Crippen LogP contribution is 2.21. The summed E-state index contributed by atoms with van der Waals surface area (Å²) in [5.41, 5.74) is 22.8. The quantitative estimate of drug-likeness (QED) is 0.0247. The predicted octanol–water partition coefficient (Wildman–Crippen LogP) is -3.53. The van der Waals surface area contributed by atoms with E-state index in [1.165, 1.54) is 48.6 Å². The Morgan fingerprint density at radius 3 is 1.88 bits per heavy atom. The van der Waals surface area contributed by atoms with Gasteiger partial charge in [0.15, 0.2) is 5.96 Å². The van der Waals surface area contributed by atoms with Gasteiger partial charge in [0.2, 0.25) is 47.3 Å². The Balaban J connectivity index is 1.90. The van der Waals surface area contributed by atoms with Gasteiger partial charge in [-0.15, -0.1) is 0 Å². The number of likely N-dealkylation sites (tertiary alicyclic amines) is 1. The first-order valence-corrected chi connectivity index (χ1v) is 22.2. The van der Waals surface area contributed by atoms with Crippen molar-refractivity contribution in [3.8, 4) is 5.75 Å². The van der Waals surface area contributed by atoms with E-state index in [-0.39, 0.29) is 56.9 Å². The zero-order valence-electron chi connectivity index (χ0n) is 38.8. The Labute approximate surface area is 393 Å². The number of guanidine groups is 1. The molecule has 3 rings (SSSR count). The number of aromatic hydroxyl groups is 1. The molecule has 1 aromatic heterocycles. The number of primary amides is 1. The molecular formula is C43H66N14O11. The van der Waals surface area contributed by atoms with Crippen LogP contribution in [0.5, 0.6) is 5.75 Å². The molecule has 0 spiro atoms. The fourth-order valence-electron chi connectivity index (χ4n) is 7.23. The number of aliphatic imine (C=N–C) groups is 1. The van der Waals surface area contributed by atoms with Gasteiger partial charge < -0.3 is 74.9 Å². The summed E-state index contributed by atoms with van der Waals surface area (Å²) >= 11 is 0. The standard InChI is InChI=1S/C43H66N14O11/c1-21(2)33(55-36(61)28(8-6-14-49-43(46)47)52-35(60)27(44)18-32(45)59)39(64)53-29(16-24-10-12-26(58)13-11-24)37(62)56-34(22(3)4)40(65)54-30(17-25-19-48-20-50-25)41(66)57-15-7-9-31(57)38(63)51-23(5)42(67)68/h10-13,19-23,27-31,33-34,58H,6-9,14-18,44H2,1-5H3,(H2,45,59)(H,48,50)(H,51,63)(H,52,60)(H,53,64)(H,54,65)(H,55,61)(H,56,62)(H,67,68)(H4,46,47,49)/t23-,27-,28-,29-,30-,31-,33-,34-/m0/s1. The molecule has 374 valence electrons. The number of phenolic OH excluding ortho intramolecular Hbond substituents is 1. The predicted molar refractivity (Wildman–Crippen MR) is 245 cm³/mol. The molecule has 1 aromatic carbocycles. The highest BCUT2D eigenvalue weighted by atomic mass is 16.4. The van der Waals surface area contributed by atoms with Crippen molar-refractivity contribution in [2.45, 2.75) is 128 Å². The first-order valence-electron chi connectivity index (χ1n) is 22.2. The van der Waals surface area contributed by atoms with E-state index >= 15 is 0 Å². The molecule has 0 bridgehead atoms. The number of nitrogens with one attached hydrogen (secondary N) is 7. The molecule has 2 heterocycles. The van der Waals surface area contributed by atoms with Gasteiger partial charge in [0.25, 0.3) is 0 Å². The number of phenols is 1. The van der Waals surface area contributed by atoms with Gasteiger partial charge in [0, 0.05) is 37.8 Å². The largest absolute Gasteiger partial charge is 0.508 e. The summed E-state index contributed by atoms with van der Waals surface area (Å²) < 4.78 is 0. The minimum atomic E-state index is -1.40. The molecule has 17 N–H and O–H groups in total. The van der Waals surface area contributed by atoms with E-state index in [2.05, 4.69) is 46.9 Å². The summed E-state index contributed by atoms with van der Waals surface area (Å²) in [6.45, 7) is 8.07. The Hall–Kier alpha value is -7.31. The summed E-state index contributed by atoms with van der Waals surface area (Å²) in [4.78, 5) is 132. The lowest BCUT2D eigenvalue weighted by Gasteiger charge is -2.31. The second-order valence-corrected chi connectivity index (χ2v) is 17.3. The van der Waals surface area contributed by atoms with Crippen molar-refractivity contribution in [3.63, 3.8) is 0 Å². The number of aromatic nitrogens is 2. The SMILES string of the molecule is CC(C)[C@H](NC(=O)[C@H](CCCN=C(N)N)NC(=O)[C@@H](N)CC(N)=O)C(=O)N[C@@H](Cc1ccc(O)cc1)C(=O)N[C@H](C(=O)N[C@@H](Cc1cnc[nH]1)C(=O)N1CCC[C@H]1C(=O)N[C@@H](C)C(=O)O)C(C)C. The van der Waals surface area contributed by atoms with E-state index in [0.717, 1.165) is 0 Å².